The van der Waals surface area contributed by atoms with E-state index in [1.165, 1.54) is 6.92 Å². The SMILES string of the molecule is CCCC(C)N1C[C@H](NC(C)=O)C[C@H]1C(=O)O. The van der Waals surface area contributed by atoms with Crippen LogP contribution in [0.25, 0.3) is 0 Å². The average Bonchev–Trinajstić information content (AvgIpc) is 2.61. The Morgan fingerprint density at radius 3 is 2.65 bits per heavy atom. The molecule has 0 aromatic carbocycles. The topological polar surface area (TPSA) is 69.6 Å². The molecule has 0 aromatic heterocycles. The lowest BCUT2D eigenvalue weighted by Gasteiger charge is -2.27. The number of hydrogen-bond acceptors (Lipinski definition) is 3. The van der Waals surface area contributed by atoms with Crippen molar-refractivity contribution in [2.24, 2.45) is 0 Å². The second-order valence-corrected chi connectivity index (χ2v) is 4.82. The fourth-order valence-corrected chi connectivity index (χ4v) is 2.57. The first-order chi connectivity index (χ1) is 7.95. The summed E-state index contributed by atoms with van der Waals surface area (Å²) in [5, 5.41) is 12.0. The van der Waals surface area contributed by atoms with Gasteiger partial charge in [0.05, 0.1) is 0 Å². The van der Waals surface area contributed by atoms with Gasteiger partial charge >= 0.3 is 5.97 Å². The van der Waals surface area contributed by atoms with Crippen molar-refractivity contribution in [3.05, 3.63) is 0 Å². The van der Waals surface area contributed by atoms with Gasteiger partial charge in [-0.1, -0.05) is 13.3 Å². The lowest BCUT2D eigenvalue weighted by molar-refractivity contribution is -0.143. The molecule has 5 heteroatoms. The van der Waals surface area contributed by atoms with Gasteiger partial charge in [0.2, 0.25) is 5.91 Å². The van der Waals surface area contributed by atoms with Crippen molar-refractivity contribution in [3.63, 3.8) is 0 Å². The van der Waals surface area contributed by atoms with E-state index in [0.29, 0.717) is 13.0 Å². The maximum Gasteiger partial charge on any atom is 0.321 e. The van der Waals surface area contributed by atoms with Crippen LogP contribution in [0.2, 0.25) is 0 Å². The summed E-state index contributed by atoms with van der Waals surface area (Å²) in [4.78, 5) is 24.2. The van der Waals surface area contributed by atoms with Gasteiger partial charge in [0.1, 0.15) is 6.04 Å². The normalized spacial score (nSPS) is 26.8. The summed E-state index contributed by atoms with van der Waals surface area (Å²) in [7, 11) is 0. The van der Waals surface area contributed by atoms with Crippen LogP contribution in [-0.4, -0.2) is 46.6 Å². The lowest BCUT2D eigenvalue weighted by Crippen LogP contribution is -2.42. The number of carboxylic acids is 1. The van der Waals surface area contributed by atoms with Crippen molar-refractivity contribution in [2.75, 3.05) is 6.54 Å². The van der Waals surface area contributed by atoms with Crippen molar-refractivity contribution in [3.8, 4) is 0 Å². The molecule has 0 saturated carbocycles. The molecule has 0 radical (unpaired) electrons. The third-order valence-corrected chi connectivity index (χ3v) is 3.30. The molecule has 1 unspecified atom stereocenters. The van der Waals surface area contributed by atoms with Crippen molar-refractivity contribution in [2.45, 2.75) is 58.2 Å². The summed E-state index contributed by atoms with van der Waals surface area (Å²) in [5.41, 5.74) is 0. The number of carbonyl (C=O) groups excluding carboxylic acids is 1. The molecule has 5 nitrogen and oxygen atoms in total. The molecule has 1 amide bonds. The van der Waals surface area contributed by atoms with Crippen LogP contribution in [0.15, 0.2) is 0 Å². The van der Waals surface area contributed by atoms with Gasteiger partial charge in [-0.15, -0.1) is 0 Å². The van der Waals surface area contributed by atoms with Crippen LogP contribution in [0.3, 0.4) is 0 Å². The van der Waals surface area contributed by atoms with E-state index in [4.69, 9.17) is 0 Å². The summed E-state index contributed by atoms with van der Waals surface area (Å²) in [6.07, 6.45) is 2.52. The van der Waals surface area contributed by atoms with Gasteiger partial charge in [0.15, 0.2) is 0 Å². The highest BCUT2D eigenvalue weighted by molar-refractivity contribution is 5.75. The highest BCUT2D eigenvalue weighted by atomic mass is 16.4. The largest absolute Gasteiger partial charge is 0.480 e. The number of carboxylic acid groups (broad SMARTS) is 1. The molecule has 0 bridgehead atoms. The molecular formula is C12H22N2O3. The van der Waals surface area contributed by atoms with E-state index in [1.807, 2.05) is 4.90 Å². The van der Waals surface area contributed by atoms with Gasteiger partial charge < -0.3 is 10.4 Å². The zero-order valence-corrected chi connectivity index (χ0v) is 10.8. The van der Waals surface area contributed by atoms with Crippen molar-refractivity contribution < 1.29 is 14.7 Å². The van der Waals surface area contributed by atoms with Crippen molar-refractivity contribution in [1.82, 2.24) is 10.2 Å². The molecule has 0 spiro atoms. The van der Waals surface area contributed by atoms with Gasteiger partial charge in [-0.3, -0.25) is 14.5 Å². The van der Waals surface area contributed by atoms with Crippen molar-refractivity contribution in [1.29, 1.82) is 0 Å². The number of carbonyl (C=O) groups is 2. The van der Waals surface area contributed by atoms with Gasteiger partial charge in [0.25, 0.3) is 0 Å². The molecule has 1 fully saturated rings. The molecule has 98 valence electrons. The molecule has 1 rings (SSSR count). The molecule has 3 atom stereocenters. The fourth-order valence-electron chi connectivity index (χ4n) is 2.57. The van der Waals surface area contributed by atoms with E-state index in [2.05, 4.69) is 19.2 Å². The zero-order chi connectivity index (χ0) is 13.0. The van der Waals surface area contributed by atoms with E-state index in [9.17, 15) is 14.7 Å². The second kappa shape index (κ2) is 6.00. The Hall–Kier alpha value is -1.10. The molecule has 0 aliphatic carbocycles. The maximum absolute atomic E-state index is 11.2. The highest BCUT2D eigenvalue weighted by Crippen LogP contribution is 2.22. The van der Waals surface area contributed by atoms with E-state index < -0.39 is 12.0 Å². The summed E-state index contributed by atoms with van der Waals surface area (Å²) >= 11 is 0. The number of nitrogens with zero attached hydrogens (tertiary/aromatic N) is 1. The van der Waals surface area contributed by atoms with Crippen LogP contribution in [-0.2, 0) is 9.59 Å². The van der Waals surface area contributed by atoms with Crippen molar-refractivity contribution >= 4 is 11.9 Å². The summed E-state index contributed by atoms with van der Waals surface area (Å²) in [6, 6.07) is -0.249. The Morgan fingerprint density at radius 2 is 2.18 bits per heavy atom. The number of amides is 1. The third-order valence-electron chi connectivity index (χ3n) is 3.30. The Kier molecular flexibility index (Phi) is 4.93. The fraction of sp³-hybridized carbons (Fsp3) is 0.833. The third kappa shape index (κ3) is 3.70. The number of nitrogens with one attached hydrogen (secondary N) is 1. The number of aliphatic carboxylic acids is 1. The maximum atomic E-state index is 11.2. The first-order valence-electron chi connectivity index (χ1n) is 6.21. The molecule has 17 heavy (non-hydrogen) atoms. The number of likely N-dealkylation sites (tertiary alicyclic amines) is 1. The van der Waals surface area contributed by atoms with Gasteiger partial charge in [0, 0.05) is 25.6 Å². The lowest BCUT2D eigenvalue weighted by atomic mass is 10.1. The number of hydrogen-bond donors (Lipinski definition) is 2. The van der Waals surface area contributed by atoms with Crippen LogP contribution in [0.4, 0.5) is 0 Å². The van der Waals surface area contributed by atoms with Gasteiger partial charge in [-0.2, -0.15) is 0 Å². The predicted octanol–water partition coefficient (Wildman–Crippen LogP) is 0.839. The Labute approximate surface area is 102 Å². The Morgan fingerprint density at radius 1 is 1.53 bits per heavy atom. The predicted molar refractivity (Wildman–Crippen MR) is 64.7 cm³/mol. The monoisotopic (exact) mass is 242 g/mol. The first kappa shape index (κ1) is 14.0. The van der Waals surface area contributed by atoms with Crippen LogP contribution in [0, 0.1) is 0 Å². The molecule has 2 N–H and O–H groups in total. The summed E-state index contributed by atoms with van der Waals surface area (Å²) < 4.78 is 0. The standard InChI is InChI=1S/C12H22N2O3/c1-4-5-8(2)14-7-10(13-9(3)15)6-11(14)12(16)17/h8,10-11H,4-7H2,1-3H3,(H,13,15)(H,16,17)/t8?,10-,11+/m1/s1. The van der Waals surface area contributed by atoms with Gasteiger partial charge in [-0.05, 0) is 19.8 Å². The summed E-state index contributed by atoms with van der Waals surface area (Å²) in [5.74, 6) is -0.884. The van der Waals surface area contributed by atoms with E-state index >= 15 is 0 Å². The Balaban J connectivity index is 2.66. The second-order valence-electron chi connectivity index (χ2n) is 4.82. The average molecular weight is 242 g/mol. The molecule has 1 saturated heterocycles. The highest BCUT2D eigenvalue weighted by Gasteiger charge is 2.39. The smallest absolute Gasteiger partial charge is 0.321 e. The quantitative estimate of drug-likeness (QED) is 0.749. The van der Waals surface area contributed by atoms with E-state index in [0.717, 1.165) is 12.8 Å². The Bertz CT molecular complexity index is 293. The van der Waals surface area contributed by atoms with E-state index in [1.54, 1.807) is 0 Å². The molecule has 1 aliphatic rings. The van der Waals surface area contributed by atoms with E-state index in [-0.39, 0.29) is 18.0 Å². The molecule has 1 aliphatic heterocycles. The van der Waals surface area contributed by atoms with Crippen LogP contribution < -0.4 is 5.32 Å². The minimum absolute atomic E-state index is 0.0343. The van der Waals surface area contributed by atoms with Crippen LogP contribution >= 0.6 is 0 Å². The minimum Gasteiger partial charge on any atom is -0.480 e. The summed E-state index contributed by atoms with van der Waals surface area (Å²) in [6.45, 7) is 6.24. The zero-order valence-electron chi connectivity index (χ0n) is 10.8. The molecule has 1 heterocycles. The number of rotatable bonds is 5. The minimum atomic E-state index is -0.791. The van der Waals surface area contributed by atoms with Crippen LogP contribution in [0.5, 0.6) is 0 Å². The first-order valence-corrected chi connectivity index (χ1v) is 6.21. The molecule has 0 aromatic rings. The van der Waals surface area contributed by atoms with Crippen LogP contribution in [0.1, 0.15) is 40.0 Å². The molecular weight excluding hydrogens is 220 g/mol. The van der Waals surface area contributed by atoms with Gasteiger partial charge in [-0.25, -0.2) is 0 Å².